The van der Waals surface area contributed by atoms with Crippen LogP contribution in [0.2, 0.25) is 0 Å². The second kappa shape index (κ2) is 8.39. The fourth-order valence-corrected chi connectivity index (χ4v) is 7.15. The number of carbonyl (C=O) groups excluding carboxylic acids is 2. The fraction of sp³-hybridized carbons (Fsp3) is 0.517. The molecule has 0 unspecified atom stereocenters. The van der Waals surface area contributed by atoms with Crippen molar-refractivity contribution in [2.24, 2.45) is 17.8 Å². The molecule has 174 valence electrons. The molecule has 0 spiro atoms. The lowest BCUT2D eigenvalue weighted by Gasteiger charge is -2.56. The van der Waals surface area contributed by atoms with Crippen molar-refractivity contribution < 1.29 is 14.3 Å². The van der Waals surface area contributed by atoms with E-state index in [9.17, 15) is 9.59 Å². The summed E-state index contributed by atoms with van der Waals surface area (Å²) >= 11 is 0. The molecular weight excluding hydrogens is 410 g/mol. The SMILES string of the molecule is CCCC[C@@H](C)CC(=O)N1C[C@@H]2C3c4ccccc4C([C@H](C)OC)(c4ccccc43)[C@@H]2C1=O. The van der Waals surface area contributed by atoms with Crippen LogP contribution >= 0.6 is 0 Å². The van der Waals surface area contributed by atoms with E-state index in [1.807, 2.05) is 0 Å². The van der Waals surface area contributed by atoms with Gasteiger partial charge in [0.15, 0.2) is 0 Å². The monoisotopic (exact) mass is 445 g/mol. The minimum Gasteiger partial charge on any atom is -0.380 e. The number of carbonyl (C=O) groups is 2. The summed E-state index contributed by atoms with van der Waals surface area (Å²) in [5.41, 5.74) is 4.40. The van der Waals surface area contributed by atoms with Crippen LogP contribution in [0.3, 0.4) is 0 Å². The molecule has 1 heterocycles. The maximum absolute atomic E-state index is 14.1. The van der Waals surface area contributed by atoms with Gasteiger partial charge in [-0.1, -0.05) is 81.6 Å². The van der Waals surface area contributed by atoms with E-state index in [1.165, 1.54) is 22.3 Å². The minimum atomic E-state index is -0.582. The van der Waals surface area contributed by atoms with Gasteiger partial charge in [0.25, 0.3) is 0 Å². The second-order valence-electron chi connectivity index (χ2n) is 10.3. The molecular formula is C29H35NO3. The van der Waals surface area contributed by atoms with Crippen molar-refractivity contribution in [3.8, 4) is 0 Å². The molecule has 6 rings (SSSR count). The van der Waals surface area contributed by atoms with Crippen molar-refractivity contribution in [3.05, 3.63) is 70.8 Å². The second-order valence-corrected chi connectivity index (χ2v) is 10.3. The molecule has 0 saturated carbocycles. The Kier molecular flexibility index (Phi) is 5.68. The summed E-state index contributed by atoms with van der Waals surface area (Å²) in [7, 11) is 1.73. The highest BCUT2D eigenvalue weighted by Crippen LogP contribution is 2.65. The number of benzene rings is 2. The number of likely N-dealkylation sites (tertiary alicyclic amines) is 1. The Bertz CT molecular complexity index is 1030. The molecule has 0 N–H and O–H groups in total. The van der Waals surface area contributed by atoms with Gasteiger partial charge < -0.3 is 4.74 Å². The van der Waals surface area contributed by atoms with Gasteiger partial charge in [0.1, 0.15) is 0 Å². The third kappa shape index (κ3) is 3.06. The van der Waals surface area contributed by atoms with E-state index in [1.54, 1.807) is 12.0 Å². The lowest BCUT2D eigenvalue weighted by Crippen LogP contribution is -2.58. The van der Waals surface area contributed by atoms with Gasteiger partial charge >= 0.3 is 0 Å². The van der Waals surface area contributed by atoms with Crippen LogP contribution < -0.4 is 0 Å². The van der Waals surface area contributed by atoms with Gasteiger partial charge in [0.05, 0.1) is 17.4 Å². The Morgan fingerprint density at radius 2 is 1.70 bits per heavy atom. The van der Waals surface area contributed by atoms with Crippen molar-refractivity contribution in [2.45, 2.75) is 63.9 Å². The van der Waals surface area contributed by atoms with E-state index in [0.29, 0.717) is 18.9 Å². The van der Waals surface area contributed by atoms with Crippen LogP contribution in [-0.2, 0) is 19.7 Å². The van der Waals surface area contributed by atoms with E-state index >= 15 is 0 Å². The summed E-state index contributed by atoms with van der Waals surface area (Å²) in [6.45, 7) is 6.89. The molecule has 2 aromatic rings. The normalized spacial score (nSPS) is 28.8. The highest BCUT2D eigenvalue weighted by Gasteiger charge is 2.67. The molecule has 4 aliphatic rings. The highest BCUT2D eigenvalue weighted by atomic mass is 16.5. The molecule has 2 bridgehead atoms. The Balaban J connectivity index is 1.61. The molecule has 0 aromatic heterocycles. The lowest BCUT2D eigenvalue weighted by molar-refractivity contribution is -0.145. The maximum atomic E-state index is 14.1. The maximum Gasteiger partial charge on any atom is 0.234 e. The summed E-state index contributed by atoms with van der Waals surface area (Å²) in [5, 5.41) is 0. The summed E-state index contributed by atoms with van der Waals surface area (Å²) in [4.78, 5) is 29.0. The van der Waals surface area contributed by atoms with Crippen molar-refractivity contribution in [2.75, 3.05) is 13.7 Å². The van der Waals surface area contributed by atoms with E-state index in [2.05, 4.69) is 69.3 Å². The number of rotatable bonds is 7. The van der Waals surface area contributed by atoms with Crippen LogP contribution in [0.4, 0.5) is 0 Å². The van der Waals surface area contributed by atoms with Gasteiger partial charge in [0.2, 0.25) is 11.8 Å². The van der Waals surface area contributed by atoms with Gasteiger partial charge in [-0.15, -0.1) is 0 Å². The largest absolute Gasteiger partial charge is 0.380 e. The molecule has 1 saturated heterocycles. The topological polar surface area (TPSA) is 46.6 Å². The number of hydrogen-bond acceptors (Lipinski definition) is 3. The summed E-state index contributed by atoms with van der Waals surface area (Å²) in [6.07, 6.45) is 3.52. The lowest BCUT2D eigenvalue weighted by atomic mass is 9.46. The molecule has 4 heteroatoms. The molecule has 1 aliphatic heterocycles. The molecule has 2 amide bonds. The predicted octanol–water partition coefficient (Wildman–Crippen LogP) is 5.28. The molecule has 4 nitrogen and oxygen atoms in total. The van der Waals surface area contributed by atoms with E-state index in [4.69, 9.17) is 4.74 Å². The van der Waals surface area contributed by atoms with Crippen molar-refractivity contribution in [3.63, 3.8) is 0 Å². The third-order valence-corrected chi connectivity index (χ3v) is 8.62. The van der Waals surface area contributed by atoms with Gasteiger partial charge in [0, 0.05) is 31.9 Å². The first-order valence-corrected chi connectivity index (χ1v) is 12.5. The number of methoxy groups -OCH3 is 1. The Morgan fingerprint density at radius 1 is 1.09 bits per heavy atom. The quantitative estimate of drug-likeness (QED) is 0.582. The van der Waals surface area contributed by atoms with E-state index in [-0.39, 0.29) is 35.7 Å². The number of ether oxygens (including phenoxy) is 1. The zero-order valence-electron chi connectivity index (χ0n) is 20.2. The number of nitrogens with zero attached hydrogens (tertiary/aromatic N) is 1. The fourth-order valence-electron chi connectivity index (χ4n) is 7.15. The van der Waals surface area contributed by atoms with Crippen molar-refractivity contribution >= 4 is 11.8 Å². The summed E-state index contributed by atoms with van der Waals surface area (Å²) < 4.78 is 6.03. The van der Waals surface area contributed by atoms with Crippen LogP contribution in [0.15, 0.2) is 48.5 Å². The minimum absolute atomic E-state index is 0.00858. The third-order valence-electron chi connectivity index (χ3n) is 8.62. The standard InChI is InChI=1S/C29H35NO3/c1-5-6-11-18(2)16-25(31)30-17-22-26-20-12-7-9-14-23(20)29(19(3)33-4,27(22)28(30)32)24-15-10-8-13-21(24)26/h7-10,12-15,18-19,22,26-27H,5-6,11,16-17H2,1-4H3/t18-,19+,22-,26?,27+,29?/m1/s1. The Morgan fingerprint density at radius 3 is 2.27 bits per heavy atom. The van der Waals surface area contributed by atoms with Crippen LogP contribution in [0.25, 0.3) is 0 Å². The highest BCUT2D eigenvalue weighted by molar-refractivity contribution is 6.00. The first-order chi connectivity index (χ1) is 16.0. The van der Waals surface area contributed by atoms with E-state index in [0.717, 1.165) is 19.3 Å². The zero-order chi connectivity index (χ0) is 23.3. The van der Waals surface area contributed by atoms with Gasteiger partial charge in [-0.05, 0) is 35.1 Å². The number of amides is 2. The molecule has 2 aromatic carbocycles. The molecule has 1 fully saturated rings. The number of imide groups is 1. The van der Waals surface area contributed by atoms with Crippen molar-refractivity contribution in [1.29, 1.82) is 0 Å². The Labute approximate surface area is 197 Å². The van der Waals surface area contributed by atoms with Crippen LogP contribution in [0.1, 0.15) is 74.6 Å². The number of hydrogen-bond donors (Lipinski definition) is 0. The summed E-state index contributed by atoms with van der Waals surface area (Å²) in [5.74, 6) is 0.210. The number of unbranched alkanes of at least 4 members (excludes halogenated alkanes) is 1. The average Bonchev–Trinajstić information content (AvgIpc) is 3.20. The molecule has 3 aliphatic carbocycles. The average molecular weight is 446 g/mol. The Hall–Kier alpha value is -2.46. The summed E-state index contributed by atoms with van der Waals surface area (Å²) in [6, 6.07) is 17.1. The zero-order valence-corrected chi connectivity index (χ0v) is 20.2. The van der Waals surface area contributed by atoms with Gasteiger partial charge in [-0.3, -0.25) is 14.5 Å². The smallest absolute Gasteiger partial charge is 0.234 e. The van der Waals surface area contributed by atoms with Crippen LogP contribution in [0.5, 0.6) is 0 Å². The van der Waals surface area contributed by atoms with Crippen molar-refractivity contribution in [1.82, 2.24) is 4.90 Å². The van der Waals surface area contributed by atoms with Gasteiger partial charge in [-0.25, -0.2) is 0 Å². The predicted molar refractivity (Wildman–Crippen MR) is 129 cm³/mol. The molecule has 33 heavy (non-hydrogen) atoms. The first kappa shape index (κ1) is 22.3. The molecule has 0 radical (unpaired) electrons. The van der Waals surface area contributed by atoms with E-state index < -0.39 is 5.41 Å². The molecule has 4 atom stereocenters. The first-order valence-electron chi connectivity index (χ1n) is 12.5. The van der Waals surface area contributed by atoms with Crippen LogP contribution in [0, 0.1) is 17.8 Å². The van der Waals surface area contributed by atoms with Crippen LogP contribution in [-0.4, -0.2) is 36.5 Å². The van der Waals surface area contributed by atoms with Gasteiger partial charge in [-0.2, -0.15) is 0 Å².